The molecule has 0 radical (unpaired) electrons. The third kappa shape index (κ3) is 2.27. The number of anilines is 2. The lowest BCUT2D eigenvalue weighted by atomic mass is 10.1. The molecule has 98 valence electrons. The van der Waals surface area contributed by atoms with Crippen LogP contribution in [-0.4, -0.2) is 47.9 Å². The largest absolute Gasteiger partial charge is 0.396 e. The van der Waals surface area contributed by atoms with Crippen LogP contribution < -0.4 is 9.80 Å². The summed E-state index contributed by atoms with van der Waals surface area (Å²) in [7, 11) is 0. The first-order valence-electron chi connectivity index (χ1n) is 6.79. The molecule has 2 saturated heterocycles. The Morgan fingerprint density at radius 3 is 2.50 bits per heavy atom. The zero-order valence-electron chi connectivity index (χ0n) is 10.6. The molecule has 1 N–H and O–H groups in total. The normalized spacial score (nSPS) is 23.9. The molecule has 0 aromatic carbocycles. The molecule has 3 rings (SSSR count). The number of rotatable bonds is 3. The van der Waals surface area contributed by atoms with Gasteiger partial charge in [0.25, 0.3) is 0 Å². The lowest BCUT2D eigenvalue weighted by Gasteiger charge is -2.20. The molecular formula is C13H20N4O. The Bertz CT molecular complexity index is 406. The number of aromatic nitrogens is 2. The monoisotopic (exact) mass is 248 g/mol. The summed E-state index contributed by atoms with van der Waals surface area (Å²) in [4.78, 5) is 13.3. The van der Waals surface area contributed by atoms with E-state index >= 15 is 0 Å². The third-order valence-electron chi connectivity index (χ3n) is 3.94. The lowest BCUT2D eigenvalue weighted by molar-refractivity contribution is 0.238. The van der Waals surface area contributed by atoms with E-state index in [2.05, 4.69) is 25.8 Å². The van der Waals surface area contributed by atoms with E-state index in [-0.39, 0.29) is 6.61 Å². The van der Waals surface area contributed by atoms with Crippen molar-refractivity contribution in [2.45, 2.75) is 19.3 Å². The Morgan fingerprint density at radius 2 is 1.83 bits per heavy atom. The molecule has 1 unspecified atom stereocenters. The quantitative estimate of drug-likeness (QED) is 0.861. The predicted octanol–water partition coefficient (Wildman–Crippen LogP) is 0.895. The molecule has 0 saturated carbocycles. The minimum absolute atomic E-state index is 0.278. The smallest absolute Gasteiger partial charge is 0.134 e. The van der Waals surface area contributed by atoms with Crippen LogP contribution in [0.2, 0.25) is 0 Å². The molecule has 0 amide bonds. The molecule has 0 spiro atoms. The summed E-state index contributed by atoms with van der Waals surface area (Å²) in [6.07, 6.45) is 5.24. The average Bonchev–Trinajstić information content (AvgIpc) is 3.10. The van der Waals surface area contributed by atoms with Gasteiger partial charge in [0.1, 0.15) is 18.0 Å². The molecule has 2 fully saturated rings. The Labute approximate surface area is 107 Å². The summed E-state index contributed by atoms with van der Waals surface area (Å²) in [5, 5.41) is 9.19. The summed E-state index contributed by atoms with van der Waals surface area (Å²) < 4.78 is 0. The Hall–Kier alpha value is -1.36. The van der Waals surface area contributed by atoms with E-state index in [1.54, 1.807) is 6.33 Å². The average molecular weight is 248 g/mol. The van der Waals surface area contributed by atoms with E-state index in [4.69, 9.17) is 0 Å². The number of hydrogen-bond donors (Lipinski definition) is 1. The standard InChI is InChI=1S/C13H20N4O/c18-9-11-3-6-17(8-11)13-7-12(14-10-15-13)16-4-1-2-5-16/h7,10-11,18H,1-6,8-9H2. The van der Waals surface area contributed by atoms with Crippen LogP contribution in [0.5, 0.6) is 0 Å². The first-order chi connectivity index (χ1) is 8.86. The van der Waals surface area contributed by atoms with Gasteiger partial charge >= 0.3 is 0 Å². The Morgan fingerprint density at radius 1 is 1.11 bits per heavy atom. The van der Waals surface area contributed by atoms with Crippen LogP contribution in [0.3, 0.4) is 0 Å². The van der Waals surface area contributed by atoms with Gasteiger partial charge in [0.2, 0.25) is 0 Å². The maximum Gasteiger partial charge on any atom is 0.134 e. The molecule has 0 aliphatic carbocycles. The highest BCUT2D eigenvalue weighted by atomic mass is 16.3. The van der Waals surface area contributed by atoms with Crippen LogP contribution >= 0.6 is 0 Å². The van der Waals surface area contributed by atoms with E-state index in [1.165, 1.54) is 12.8 Å². The molecule has 1 atom stereocenters. The highest BCUT2D eigenvalue weighted by molar-refractivity contribution is 5.51. The maximum absolute atomic E-state index is 9.19. The summed E-state index contributed by atoms with van der Waals surface area (Å²) in [6.45, 7) is 4.39. The minimum atomic E-state index is 0.278. The lowest BCUT2D eigenvalue weighted by Crippen LogP contribution is -2.24. The summed E-state index contributed by atoms with van der Waals surface area (Å²) in [5.74, 6) is 2.45. The highest BCUT2D eigenvalue weighted by Gasteiger charge is 2.23. The van der Waals surface area contributed by atoms with Crippen molar-refractivity contribution in [3.8, 4) is 0 Å². The van der Waals surface area contributed by atoms with Crippen molar-refractivity contribution in [2.24, 2.45) is 5.92 Å². The Kier molecular flexibility index (Phi) is 3.32. The van der Waals surface area contributed by atoms with Crippen molar-refractivity contribution in [1.82, 2.24) is 9.97 Å². The van der Waals surface area contributed by atoms with Crippen LogP contribution in [-0.2, 0) is 0 Å². The number of hydrogen-bond acceptors (Lipinski definition) is 5. The van der Waals surface area contributed by atoms with Crippen molar-refractivity contribution in [3.63, 3.8) is 0 Å². The van der Waals surface area contributed by atoms with Crippen LogP contribution in [0.15, 0.2) is 12.4 Å². The van der Waals surface area contributed by atoms with Gasteiger partial charge in [-0.15, -0.1) is 0 Å². The maximum atomic E-state index is 9.19. The zero-order valence-corrected chi connectivity index (χ0v) is 10.6. The van der Waals surface area contributed by atoms with Gasteiger partial charge in [-0.1, -0.05) is 0 Å². The highest BCUT2D eigenvalue weighted by Crippen LogP contribution is 2.25. The summed E-state index contributed by atoms with van der Waals surface area (Å²) in [5.41, 5.74) is 0. The molecule has 2 aliphatic heterocycles. The molecular weight excluding hydrogens is 228 g/mol. The van der Waals surface area contributed by atoms with E-state index in [9.17, 15) is 5.11 Å². The number of aliphatic hydroxyl groups is 1. The first-order valence-corrected chi connectivity index (χ1v) is 6.79. The molecule has 1 aromatic heterocycles. The second-order valence-electron chi connectivity index (χ2n) is 5.21. The van der Waals surface area contributed by atoms with E-state index in [0.717, 1.165) is 44.2 Å². The van der Waals surface area contributed by atoms with Crippen LogP contribution in [0, 0.1) is 5.92 Å². The second kappa shape index (κ2) is 5.10. The van der Waals surface area contributed by atoms with Crippen molar-refractivity contribution in [3.05, 3.63) is 12.4 Å². The van der Waals surface area contributed by atoms with Gasteiger partial charge in [-0.2, -0.15) is 0 Å². The van der Waals surface area contributed by atoms with Crippen LogP contribution in [0.25, 0.3) is 0 Å². The van der Waals surface area contributed by atoms with E-state index in [0.29, 0.717) is 5.92 Å². The number of nitrogens with zero attached hydrogens (tertiary/aromatic N) is 4. The molecule has 2 aliphatic rings. The SMILES string of the molecule is OCC1CCN(c2cc(N3CCCC3)ncn2)C1. The van der Waals surface area contributed by atoms with Gasteiger partial charge in [-0.25, -0.2) is 9.97 Å². The fourth-order valence-electron chi connectivity index (χ4n) is 2.82. The summed E-state index contributed by atoms with van der Waals surface area (Å²) >= 11 is 0. The molecule has 5 nitrogen and oxygen atoms in total. The third-order valence-corrected chi connectivity index (χ3v) is 3.94. The van der Waals surface area contributed by atoms with Crippen molar-refractivity contribution in [2.75, 3.05) is 42.6 Å². The first kappa shape index (κ1) is 11.7. The van der Waals surface area contributed by atoms with E-state index < -0.39 is 0 Å². The molecule has 3 heterocycles. The van der Waals surface area contributed by atoms with Gasteiger partial charge in [0.15, 0.2) is 0 Å². The number of aliphatic hydroxyl groups excluding tert-OH is 1. The van der Waals surface area contributed by atoms with Gasteiger partial charge < -0.3 is 14.9 Å². The predicted molar refractivity (Wildman–Crippen MR) is 70.9 cm³/mol. The summed E-state index contributed by atoms with van der Waals surface area (Å²) in [6, 6.07) is 2.09. The van der Waals surface area contributed by atoms with Crippen LogP contribution in [0.4, 0.5) is 11.6 Å². The minimum Gasteiger partial charge on any atom is -0.396 e. The van der Waals surface area contributed by atoms with Gasteiger partial charge in [0.05, 0.1) is 0 Å². The second-order valence-corrected chi connectivity index (χ2v) is 5.21. The molecule has 0 bridgehead atoms. The van der Waals surface area contributed by atoms with Gasteiger partial charge in [0, 0.05) is 44.8 Å². The van der Waals surface area contributed by atoms with Gasteiger partial charge in [-0.3, -0.25) is 0 Å². The Balaban J connectivity index is 1.74. The molecule has 18 heavy (non-hydrogen) atoms. The van der Waals surface area contributed by atoms with Crippen LogP contribution in [0.1, 0.15) is 19.3 Å². The van der Waals surface area contributed by atoms with Crippen molar-refractivity contribution >= 4 is 11.6 Å². The molecule has 5 heteroatoms. The van der Waals surface area contributed by atoms with Crippen molar-refractivity contribution < 1.29 is 5.11 Å². The topological polar surface area (TPSA) is 52.5 Å². The van der Waals surface area contributed by atoms with Crippen molar-refractivity contribution in [1.29, 1.82) is 0 Å². The fourth-order valence-corrected chi connectivity index (χ4v) is 2.82. The molecule has 1 aromatic rings. The van der Waals surface area contributed by atoms with E-state index in [1.807, 2.05) is 0 Å². The van der Waals surface area contributed by atoms with Gasteiger partial charge in [-0.05, 0) is 19.3 Å². The fraction of sp³-hybridized carbons (Fsp3) is 0.692. The zero-order chi connectivity index (χ0) is 12.4.